The van der Waals surface area contributed by atoms with E-state index in [9.17, 15) is 0 Å². The average Bonchev–Trinajstić information content (AvgIpc) is 2.46. The van der Waals surface area contributed by atoms with Gasteiger partial charge in [0.05, 0.1) is 0 Å². The van der Waals surface area contributed by atoms with E-state index in [0.717, 1.165) is 17.4 Å². The maximum Gasteiger partial charge on any atom is 0.0460 e. The summed E-state index contributed by atoms with van der Waals surface area (Å²) < 4.78 is 1.08. The van der Waals surface area contributed by atoms with Crippen LogP contribution in [0.15, 0.2) is 46.9 Å². The molecule has 1 aliphatic heterocycles. The maximum atomic E-state index is 6.20. The molecule has 0 saturated carbocycles. The van der Waals surface area contributed by atoms with E-state index < -0.39 is 0 Å². The molecule has 21 heavy (non-hydrogen) atoms. The zero-order valence-corrected chi connectivity index (χ0v) is 14.1. The van der Waals surface area contributed by atoms with Crippen LogP contribution in [0.1, 0.15) is 31.0 Å². The topological polar surface area (TPSA) is 29.3 Å². The first-order chi connectivity index (χ1) is 10.1. The highest BCUT2D eigenvalue weighted by Crippen LogP contribution is 2.39. The number of halogens is 1. The monoisotopic (exact) mass is 344 g/mol. The Morgan fingerprint density at radius 1 is 1.19 bits per heavy atom. The first-order valence-electron chi connectivity index (χ1n) is 7.46. The molecule has 0 radical (unpaired) electrons. The second-order valence-electron chi connectivity index (χ2n) is 6.04. The van der Waals surface area contributed by atoms with Gasteiger partial charge in [-0.2, -0.15) is 0 Å². The van der Waals surface area contributed by atoms with Crippen molar-refractivity contribution in [2.24, 2.45) is 11.7 Å². The molecule has 0 spiro atoms. The molecule has 0 fully saturated rings. The van der Waals surface area contributed by atoms with Gasteiger partial charge in [0.15, 0.2) is 0 Å². The van der Waals surface area contributed by atoms with Crippen molar-refractivity contribution in [1.82, 2.24) is 0 Å². The number of nitrogens with two attached hydrogens (primary N) is 1. The summed E-state index contributed by atoms with van der Waals surface area (Å²) in [6.45, 7) is 5.40. The highest BCUT2D eigenvalue weighted by molar-refractivity contribution is 9.10. The van der Waals surface area contributed by atoms with E-state index in [2.05, 4.69) is 70.2 Å². The molecule has 110 valence electrons. The summed E-state index contributed by atoms with van der Waals surface area (Å²) in [5.41, 5.74) is 11.4. The molecule has 0 saturated heterocycles. The van der Waals surface area contributed by atoms with Crippen LogP contribution < -0.4 is 10.6 Å². The van der Waals surface area contributed by atoms with Crippen LogP contribution in [0, 0.1) is 5.92 Å². The predicted octanol–water partition coefficient (Wildman–Crippen LogP) is 4.80. The molecule has 0 aliphatic carbocycles. The molecular weight excluding hydrogens is 324 g/mol. The van der Waals surface area contributed by atoms with Crippen molar-refractivity contribution in [2.75, 3.05) is 11.4 Å². The van der Waals surface area contributed by atoms with Crippen LogP contribution in [-0.2, 0) is 6.42 Å². The quantitative estimate of drug-likeness (QED) is 0.847. The Kier molecular flexibility index (Phi) is 4.05. The summed E-state index contributed by atoms with van der Waals surface area (Å²) in [6.07, 6.45) is 1.15. The highest BCUT2D eigenvalue weighted by atomic mass is 79.9. The number of hydrogen-bond donors (Lipinski definition) is 1. The van der Waals surface area contributed by atoms with Gasteiger partial charge in [-0.05, 0) is 54.7 Å². The van der Waals surface area contributed by atoms with Gasteiger partial charge in [-0.15, -0.1) is 0 Å². The molecule has 1 aliphatic rings. The first kappa shape index (κ1) is 14.6. The molecule has 0 amide bonds. The fourth-order valence-electron chi connectivity index (χ4n) is 3.16. The van der Waals surface area contributed by atoms with Crippen LogP contribution in [0.3, 0.4) is 0 Å². The van der Waals surface area contributed by atoms with Crippen molar-refractivity contribution >= 4 is 27.3 Å². The minimum Gasteiger partial charge on any atom is -0.341 e. The lowest BCUT2D eigenvalue weighted by Gasteiger charge is -2.36. The van der Waals surface area contributed by atoms with Gasteiger partial charge >= 0.3 is 0 Å². The molecule has 3 heteroatoms. The second-order valence-corrected chi connectivity index (χ2v) is 6.96. The van der Waals surface area contributed by atoms with Crippen molar-refractivity contribution in [3.63, 3.8) is 0 Å². The smallest absolute Gasteiger partial charge is 0.0460 e. The molecule has 2 aromatic rings. The zero-order valence-electron chi connectivity index (χ0n) is 12.5. The molecule has 2 unspecified atom stereocenters. The summed E-state index contributed by atoms with van der Waals surface area (Å²) >= 11 is 3.56. The SMILES string of the molecule is CC1Cc2ccccc2N(c2ccc(Br)cc2C(C)N)C1. The molecule has 3 rings (SSSR count). The summed E-state index contributed by atoms with van der Waals surface area (Å²) in [4.78, 5) is 2.43. The summed E-state index contributed by atoms with van der Waals surface area (Å²) in [5.74, 6) is 0.643. The van der Waals surface area contributed by atoms with Crippen molar-refractivity contribution in [3.8, 4) is 0 Å². The van der Waals surface area contributed by atoms with Gasteiger partial charge in [0.25, 0.3) is 0 Å². The predicted molar refractivity (Wildman–Crippen MR) is 93.1 cm³/mol. The third kappa shape index (κ3) is 2.85. The van der Waals surface area contributed by atoms with E-state index in [-0.39, 0.29) is 6.04 Å². The van der Waals surface area contributed by atoms with Gasteiger partial charge in [0.1, 0.15) is 0 Å². The van der Waals surface area contributed by atoms with E-state index in [4.69, 9.17) is 5.73 Å². The molecule has 2 aromatic carbocycles. The molecular formula is C18H21BrN2. The van der Waals surface area contributed by atoms with Crippen LogP contribution in [0.2, 0.25) is 0 Å². The summed E-state index contributed by atoms with van der Waals surface area (Å²) in [6, 6.07) is 15.1. The lowest BCUT2D eigenvalue weighted by Crippen LogP contribution is -2.31. The van der Waals surface area contributed by atoms with Crippen LogP contribution in [-0.4, -0.2) is 6.54 Å². The maximum absolute atomic E-state index is 6.20. The number of benzene rings is 2. The number of anilines is 2. The minimum atomic E-state index is 0.0156. The Morgan fingerprint density at radius 2 is 1.95 bits per heavy atom. The van der Waals surface area contributed by atoms with Crippen molar-refractivity contribution in [3.05, 3.63) is 58.1 Å². The molecule has 2 nitrogen and oxygen atoms in total. The van der Waals surface area contributed by atoms with Crippen LogP contribution >= 0.6 is 15.9 Å². The van der Waals surface area contributed by atoms with Gasteiger partial charge in [-0.3, -0.25) is 0 Å². The molecule has 0 bridgehead atoms. The number of fused-ring (bicyclic) bond motifs is 1. The summed E-state index contributed by atoms with van der Waals surface area (Å²) in [5, 5.41) is 0. The lowest BCUT2D eigenvalue weighted by molar-refractivity contribution is 0.561. The van der Waals surface area contributed by atoms with Gasteiger partial charge < -0.3 is 10.6 Å². The molecule has 2 atom stereocenters. The normalized spacial score (nSPS) is 19.2. The Labute approximate surface area is 135 Å². The average molecular weight is 345 g/mol. The third-order valence-electron chi connectivity index (χ3n) is 4.12. The summed E-state index contributed by atoms with van der Waals surface area (Å²) in [7, 11) is 0. The highest BCUT2D eigenvalue weighted by Gasteiger charge is 2.24. The fourth-order valence-corrected chi connectivity index (χ4v) is 3.54. The molecule has 0 aromatic heterocycles. The Morgan fingerprint density at radius 3 is 2.71 bits per heavy atom. The van der Waals surface area contributed by atoms with E-state index in [0.29, 0.717) is 5.92 Å². The third-order valence-corrected chi connectivity index (χ3v) is 4.61. The van der Waals surface area contributed by atoms with Crippen molar-refractivity contribution in [1.29, 1.82) is 0 Å². The number of hydrogen-bond acceptors (Lipinski definition) is 2. The number of nitrogens with zero attached hydrogens (tertiary/aromatic N) is 1. The van der Waals surface area contributed by atoms with Crippen molar-refractivity contribution < 1.29 is 0 Å². The first-order valence-corrected chi connectivity index (χ1v) is 8.26. The van der Waals surface area contributed by atoms with Crippen molar-refractivity contribution in [2.45, 2.75) is 26.3 Å². The number of rotatable bonds is 2. The standard InChI is InChI=1S/C18H21BrN2/c1-12-9-14-5-3-4-6-17(14)21(11-12)18-8-7-15(19)10-16(18)13(2)20/h3-8,10,12-13H,9,11,20H2,1-2H3. The van der Waals surface area contributed by atoms with E-state index in [1.54, 1.807) is 0 Å². The van der Waals surface area contributed by atoms with E-state index in [1.165, 1.54) is 22.5 Å². The van der Waals surface area contributed by atoms with Crippen LogP contribution in [0.25, 0.3) is 0 Å². The Balaban J connectivity index is 2.13. The fraction of sp³-hybridized carbons (Fsp3) is 0.333. The Bertz CT molecular complexity index is 651. The minimum absolute atomic E-state index is 0.0156. The van der Waals surface area contributed by atoms with Gasteiger partial charge in [-0.1, -0.05) is 41.1 Å². The second kappa shape index (κ2) is 5.82. The van der Waals surface area contributed by atoms with Crippen LogP contribution in [0.4, 0.5) is 11.4 Å². The van der Waals surface area contributed by atoms with Gasteiger partial charge in [0, 0.05) is 28.4 Å². The number of para-hydroxylation sites is 1. The largest absolute Gasteiger partial charge is 0.341 e. The zero-order chi connectivity index (χ0) is 15.0. The van der Waals surface area contributed by atoms with E-state index in [1.807, 2.05) is 6.92 Å². The van der Waals surface area contributed by atoms with Gasteiger partial charge in [0.2, 0.25) is 0 Å². The molecule has 1 heterocycles. The van der Waals surface area contributed by atoms with Gasteiger partial charge in [-0.25, -0.2) is 0 Å². The Hall–Kier alpha value is -1.32. The van der Waals surface area contributed by atoms with E-state index >= 15 is 0 Å². The van der Waals surface area contributed by atoms with Crippen LogP contribution in [0.5, 0.6) is 0 Å². The molecule has 2 N–H and O–H groups in total. The lowest BCUT2D eigenvalue weighted by atomic mass is 9.92.